The van der Waals surface area contributed by atoms with Crippen molar-refractivity contribution in [3.63, 3.8) is 0 Å². The predicted octanol–water partition coefficient (Wildman–Crippen LogP) is 1.31. The zero-order valence-corrected chi connectivity index (χ0v) is 12.6. The van der Waals surface area contributed by atoms with Crippen LogP contribution in [0.15, 0.2) is 22.8 Å². The van der Waals surface area contributed by atoms with Gasteiger partial charge in [0.25, 0.3) is 5.91 Å². The standard InChI is InChI=1S/C16H22N2O4/c19-14(17-11-16(21)7-1-2-8-16)12-5-3-9-18(12)15(20)13-6-4-10-22-13/h4,6,10,12,21H,1-3,5,7-9,11H2,(H,17,19). The van der Waals surface area contributed by atoms with Crippen LogP contribution < -0.4 is 5.32 Å². The van der Waals surface area contributed by atoms with Crippen LogP contribution in [0.25, 0.3) is 0 Å². The van der Waals surface area contributed by atoms with Gasteiger partial charge in [-0.2, -0.15) is 0 Å². The third-order valence-electron chi connectivity index (χ3n) is 4.67. The fourth-order valence-corrected chi connectivity index (χ4v) is 3.40. The lowest BCUT2D eigenvalue weighted by Crippen LogP contribution is -2.49. The Morgan fingerprint density at radius 3 is 2.82 bits per heavy atom. The topological polar surface area (TPSA) is 82.8 Å². The Labute approximate surface area is 129 Å². The minimum absolute atomic E-state index is 0.183. The fourth-order valence-electron chi connectivity index (χ4n) is 3.40. The molecule has 6 nitrogen and oxygen atoms in total. The Morgan fingerprint density at radius 2 is 2.14 bits per heavy atom. The van der Waals surface area contributed by atoms with E-state index >= 15 is 0 Å². The number of amides is 2. The zero-order chi connectivity index (χ0) is 15.6. The maximum Gasteiger partial charge on any atom is 0.290 e. The molecule has 3 rings (SSSR count). The summed E-state index contributed by atoms with van der Waals surface area (Å²) in [4.78, 5) is 26.3. The van der Waals surface area contributed by atoms with E-state index in [2.05, 4.69) is 5.32 Å². The van der Waals surface area contributed by atoms with E-state index < -0.39 is 11.6 Å². The lowest BCUT2D eigenvalue weighted by molar-refractivity contribution is -0.126. The molecular formula is C16H22N2O4. The van der Waals surface area contributed by atoms with Crippen LogP contribution >= 0.6 is 0 Å². The molecule has 2 amide bonds. The van der Waals surface area contributed by atoms with Gasteiger partial charge in [-0.1, -0.05) is 12.8 Å². The van der Waals surface area contributed by atoms with E-state index in [1.165, 1.54) is 6.26 Å². The van der Waals surface area contributed by atoms with Gasteiger partial charge in [0.15, 0.2) is 5.76 Å². The summed E-state index contributed by atoms with van der Waals surface area (Å²) in [6.45, 7) is 0.826. The number of rotatable bonds is 4. The van der Waals surface area contributed by atoms with E-state index in [9.17, 15) is 14.7 Å². The van der Waals surface area contributed by atoms with Crippen molar-refractivity contribution in [3.05, 3.63) is 24.2 Å². The largest absolute Gasteiger partial charge is 0.459 e. The molecule has 2 N–H and O–H groups in total. The summed E-state index contributed by atoms with van der Waals surface area (Å²) >= 11 is 0. The number of furan rings is 1. The van der Waals surface area contributed by atoms with Crippen LogP contribution in [-0.4, -0.2) is 46.6 Å². The number of aliphatic hydroxyl groups is 1. The third kappa shape index (κ3) is 3.02. The lowest BCUT2D eigenvalue weighted by atomic mass is 10.0. The van der Waals surface area contributed by atoms with Crippen molar-refractivity contribution in [2.45, 2.75) is 50.2 Å². The smallest absolute Gasteiger partial charge is 0.290 e. The molecule has 1 aliphatic heterocycles. The number of nitrogens with one attached hydrogen (secondary N) is 1. The van der Waals surface area contributed by atoms with E-state index in [1.54, 1.807) is 17.0 Å². The van der Waals surface area contributed by atoms with Crippen molar-refractivity contribution in [1.29, 1.82) is 0 Å². The monoisotopic (exact) mass is 306 g/mol. The van der Waals surface area contributed by atoms with Crippen molar-refractivity contribution < 1.29 is 19.1 Å². The molecule has 0 spiro atoms. The molecule has 2 heterocycles. The second kappa shape index (κ2) is 6.12. The number of nitrogens with zero attached hydrogens (tertiary/aromatic N) is 1. The molecule has 0 bridgehead atoms. The molecule has 1 aliphatic carbocycles. The highest BCUT2D eigenvalue weighted by molar-refractivity contribution is 5.95. The SMILES string of the molecule is O=C(NCC1(O)CCCC1)C1CCCN1C(=O)c1ccco1. The maximum atomic E-state index is 12.4. The van der Waals surface area contributed by atoms with Crippen LogP contribution in [-0.2, 0) is 4.79 Å². The molecular weight excluding hydrogens is 284 g/mol. The summed E-state index contributed by atoms with van der Waals surface area (Å²) in [5, 5.41) is 13.1. The first kappa shape index (κ1) is 15.1. The molecule has 120 valence electrons. The van der Waals surface area contributed by atoms with Crippen molar-refractivity contribution in [2.24, 2.45) is 0 Å². The van der Waals surface area contributed by atoms with Gasteiger partial charge in [-0.05, 0) is 37.8 Å². The minimum Gasteiger partial charge on any atom is -0.459 e. The van der Waals surface area contributed by atoms with Crippen LogP contribution in [0.3, 0.4) is 0 Å². The maximum absolute atomic E-state index is 12.4. The highest BCUT2D eigenvalue weighted by Gasteiger charge is 2.37. The highest BCUT2D eigenvalue weighted by atomic mass is 16.3. The fraction of sp³-hybridized carbons (Fsp3) is 0.625. The molecule has 1 saturated heterocycles. The molecule has 2 aliphatic rings. The van der Waals surface area contributed by atoms with Gasteiger partial charge < -0.3 is 19.7 Å². The van der Waals surface area contributed by atoms with Gasteiger partial charge in [0.05, 0.1) is 11.9 Å². The molecule has 1 aromatic rings. The molecule has 22 heavy (non-hydrogen) atoms. The normalized spacial score (nSPS) is 23.7. The first-order valence-corrected chi connectivity index (χ1v) is 7.94. The number of carbonyl (C=O) groups excluding carboxylic acids is 2. The van der Waals surface area contributed by atoms with Gasteiger partial charge in [-0.25, -0.2) is 0 Å². The van der Waals surface area contributed by atoms with Crippen LogP contribution in [0, 0.1) is 0 Å². The Balaban J connectivity index is 1.60. The summed E-state index contributed by atoms with van der Waals surface area (Å²) in [5.41, 5.74) is -0.774. The van der Waals surface area contributed by atoms with Gasteiger partial charge in [0, 0.05) is 13.1 Å². The first-order chi connectivity index (χ1) is 10.6. The molecule has 1 atom stereocenters. The van der Waals surface area contributed by atoms with E-state index in [1.807, 2.05) is 0 Å². The van der Waals surface area contributed by atoms with Crippen molar-refractivity contribution in [1.82, 2.24) is 10.2 Å². The molecule has 0 radical (unpaired) electrons. The summed E-state index contributed by atoms with van der Waals surface area (Å²) in [5.74, 6) is -0.172. The molecule has 6 heteroatoms. The number of hydrogen-bond acceptors (Lipinski definition) is 4. The van der Waals surface area contributed by atoms with Gasteiger partial charge in [0.1, 0.15) is 6.04 Å². The van der Waals surface area contributed by atoms with E-state index in [-0.39, 0.29) is 24.1 Å². The average molecular weight is 306 g/mol. The molecule has 2 fully saturated rings. The Kier molecular flexibility index (Phi) is 4.20. The second-order valence-electron chi connectivity index (χ2n) is 6.28. The quantitative estimate of drug-likeness (QED) is 0.878. The van der Waals surface area contributed by atoms with E-state index in [0.29, 0.717) is 13.0 Å². The molecule has 1 unspecified atom stereocenters. The summed E-state index contributed by atoms with van der Waals surface area (Å²) < 4.78 is 5.13. The summed E-state index contributed by atoms with van der Waals surface area (Å²) in [6.07, 6.45) is 6.36. The van der Waals surface area contributed by atoms with E-state index in [0.717, 1.165) is 32.1 Å². The van der Waals surface area contributed by atoms with E-state index in [4.69, 9.17) is 4.42 Å². The average Bonchev–Trinajstić information content (AvgIpc) is 3.25. The van der Waals surface area contributed by atoms with Crippen LogP contribution in [0.5, 0.6) is 0 Å². The second-order valence-corrected chi connectivity index (χ2v) is 6.28. The van der Waals surface area contributed by atoms with Gasteiger partial charge in [-0.3, -0.25) is 9.59 Å². The van der Waals surface area contributed by atoms with Crippen molar-refractivity contribution in [3.8, 4) is 0 Å². The predicted molar refractivity (Wildman–Crippen MR) is 79.2 cm³/mol. The Hall–Kier alpha value is -1.82. The third-order valence-corrected chi connectivity index (χ3v) is 4.67. The first-order valence-electron chi connectivity index (χ1n) is 7.94. The molecule has 0 aromatic carbocycles. The molecule has 1 saturated carbocycles. The van der Waals surface area contributed by atoms with Gasteiger partial charge >= 0.3 is 0 Å². The summed E-state index contributed by atoms with van der Waals surface area (Å²) in [6, 6.07) is 2.80. The van der Waals surface area contributed by atoms with Crippen molar-refractivity contribution >= 4 is 11.8 Å². The van der Waals surface area contributed by atoms with Crippen molar-refractivity contribution in [2.75, 3.05) is 13.1 Å². The highest BCUT2D eigenvalue weighted by Crippen LogP contribution is 2.29. The van der Waals surface area contributed by atoms with Crippen LogP contribution in [0.4, 0.5) is 0 Å². The van der Waals surface area contributed by atoms with Gasteiger partial charge in [0.2, 0.25) is 5.91 Å². The number of carbonyl (C=O) groups is 2. The Morgan fingerprint density at radius 1 is 1.36 bits per heavy atom. The van der Waals surface area contributed by atoms with Crippen LogP contribution in [0.2, 0.25) is 0 Å². The van der Waals surface area contributed by atoms with Gasteiger partial charge in [-0.15, -0.1) is 0 Å². The summed E-state index contributed by atoms with van der Waals surface area (Å²) in [7, 11) is 0. The minimum atomic E-state index is -0.774. The Bertz CT molecular complexity index is 534. The molecule has 1 aromatic heterocycles. The number of hydrogen-bond donors (Lipinski definition) is 2. The lowest BCUT2D eigenvalue weighted by Gasteiger charge is -2.26. The van der Waals surface area contributed by atoms with Crippen LogP contribution in [0.1, 0.15) is 49.1 Å². The number of likely N-dealkylation sites (tertiary alicyclic amines) is 1. The zero-order valence-electron chi connectivity index (χ0n) is 12.6.